The van der Waals surface area contributed by atoms with Gasteiger partial charge in [0.25, 0.3) is 0 Å². The molecule has 28 nitrogen and oxygen atoms in total. The van der Waals surface area contributed by atoms with Crippen molar-refractivity contribution in [1.29, 1.82) is 0 Å². The van der Waals surface area contributed by atoms with E-state index >= 15 is 0 Å². The van der Waals surface area contributed by atoms with Crippen LogP contribution in [-0.2, 0) is 79.9 Å². The Morgan fingerprint density at radius 2 is 0.939 bits per heavy atom. The van der Waals surface area contributed by atoms with Gasteiger partial charge in [0, 0.05) is 107 Å². The lowest BCUT2D eigenvalue weighted by atomic mass is 10.1. The largest absolute Gasteiger partial charge is 0.480 e. The molecule has 82 heavy (non-hydrogen) atoms. The minimum absolute atomic E-state index is 0. The van der Waals surface area contributed by atoms with Crippen LogP contribution in [0, 0.1) is 4.77 Å². The fourth-order valence-electron chi connectivity index (χ4n) is 7.78. The standard InChI is InChI=1S/C13H22N4O5S.C13H22N4O4S.C13H22N4O3S.C10H17N3OS.CH4/c1-8(18)11(17(2,3)4)5-9-6-15-13(16-9)23(21,22)7-10(14)12(19)20;1-8(18)11(17(2,3)4)5-9-6-15-13(16-9)22(21)7-10(14)12(19)20;1-8(18)11(17(2,3)4)5-9-6-15-13(16-9)21-7-10(14)12(19)20;1-7(14)9(13(2,3)4)5-8-6-11-10(15)12-8;/h6,10-11H,5,7,14H2,1-4H3,(H-,15,16,19,20);6,10-11H,5,7,14H2,1-4H3,(H-,15,16,19,20);6,10-11H,5,7,14H2,1-4H3,(H-,15,16,19,20);6,9H,5H2,1-4H3,(H-,11,12,15);1H4/p+4/t10-,11-;10-,11-,22?;10-,11-;9-;/m0000./s1. The van der Waals surface area contributed by atoms with Crippen LogP contribution in [0.25, 0.3) is 0 Å². The molecule has 0 aliphatic carbocycles. The number of imidazole rings is 4. The number of sulfone groups is 1. The molecule has 0 aromatic carbocycles. The lowest BCUT2D eigenvalue weighted by Crippen LogP contribution is -2.50. The Bertz CT molecular complexity index is 2960. The van der Waals surface area contributed by atoms with Crippen molar-refractivity contribution in [2.24, 2.45) is 17.2 Å². The summed E-state index contributed by atoms with van der Waals surface area (Å²) in [7, 11) is 17.8. The Morgan fingerprint density at radius 3 is 1.30 bits per heavy atom. The van der Waals surface area contributed by atoms with Gasteiger partial charge in [0.2, 0.25) is 15.0 Å². The molecule has 4 aromatic heterocycles. The van der Waals surface area contributed by atoms with Crippen molar-refractivity contribution in [2.45, 2.75) is 119 Å². The van der Waals surface area contributed by atoms with Crippen molar-refractivity contribution in [1.82, 2.24) is 39.9 Å². The van der Waals surface area contributed by atoms with E-state index in [4.69, 9.17) is 44.7 Å². The first-order valence-corrected chi connectivity index (χ1v) is 29.5. The predicted octanol–water partition coefficient (Wildman–Crippen LogP) is -0.0282. The van der Waals surface area contributed by atoms with Crippen molar-refractivity contribution < 1.29 is 79.4 Å². The number of H-pyrrole nitrogens is 5. The van der Waals surface area contributed by atoms with Gasteiger partial charge in [-0.3, -0.25) is 37.8 Å². The summed E-state index contributed by atoms with van der Waals surface area (Å²) in [6.07, 6.45) is 8.35. The molecule has 4 rings (SSSR count). The van der Waals surface area contributed by atoms with Gasteiger partial charge in [-0.1, -0.05) is 19.2 Å². The van der Waals surface area contributed by atoms with Crippen molar-refractivity contribution in [3.63, 3.8) is 0 Å². The number of hydrogen-bond donors (Lipinski definition) is 11. The molecule has 0 radical (unpaired) electrons. The highest BCUT2D eigenvalue weighted by atomic mass is 32.2. The lowest BCUT2D eigenvalue weighted by Gasteiger charge is -2.32. The summed E-state index contributed by atoms with van der Waals surface area (Å²) in [5.41, 5.74) is 19.1. The van der Waals surface area contributed by atoms with Crippen LogP contribution in [0.15, 0.2) is 40.3 Å². The fraction of sp³-hybridized carbons (Fsp3) is 0.620. The summed E-state index contributed by atoms with van der Waals surface area (Å²) >= 11 is 6.20. The highest BCUT2D eigenvalue weighted by Gasteiger charge is 2.34. The SMILES string of the molecule is C.CC(=O)[C@H](Cc1c[nH]c(=S)[nH]1)[N+](C)(C)C.CC(=O)[C@H](Cc1cnc(S(=O)(=O)C[C@H](N)C(=O)O)[nH]1)[N+](C)(C)C.CC(=O)[C@H](Cc1cnc(S(=O)C[C@H](N)C(=O)O)[nH]1)[N+](C)(C)C.CC(=O)[C@H](Cc1cnc(SC[C@H](N)C(=O)O)[nH]1)[N+](C)(C)C. The van der Waals surface area contributed by atoms with Crippen LogP contribution < -0.4 is 17.2 Å². The number of likely N-dealkylation sites (N-methyl/N-ethyl adjacent to an activating group) is 4. The van der Waals surface area contributed by atoms with Crippen molar-refractivity contribution >= 4 is 85.7 Å². The molecule has 0 spiro atoms. The van der Waals surface area contributed by atoms with E-state index in [9.17, 15) is 46.2 Å². The number of thioether (sulfide) groups is 1. The molecular weight excluding hydrogens is 1150 g/mol. The first-order valence-electron chi connectivity index (χ1n) is 25.1. The molecule has 0 saturated heterocycles. The summed E-state index contributed by atoms with van der Waals surface area (Å²) in [5.74, 6) is -4.01. The van der Waals surface area contributed by atoms with Crippen LogP contribution >= 0.6 is 24.0 Å². The summed E-state index contributed by atoms with van der Waals surface area (Å²) in [5, 5.41) is 26.6. The number of hydrogen-bond acceptors (Lipinski definition) is 18. The highest BCUT2D eigenvalue weighted by Crippen LogP contribution is 2.19. The predicted molar refractivity (Wildman–Crippen MR) is 314 cm³/mol. The minimum Gasteiger partial charge on any atom is -0.480 e. The van der Waals surface area contributed by atoms with E-state index in [1.165, 1.54) is 38.0 Å². The number of nitrogens with two attached hydrogens (primary N) is 3. The van der Waals surface area contributed by atoms with Crippen LogP contribution in [0.5, 0.6) is 0 Å². The zero-order valence-corrected chi connectivity index (χ0v) is 52.5. The van der Waals surface area contributed by atoms with E-state index in [1.807, 2.05) is 90.8 Å². The number of aromatic amines is 5. The molecule has 0 saturated carbocycles. The Balaban J connectivity index is 0.00000107. The summed E-state index contributed by atoms with van der Waals surface area (Å²) in [6.45, 7) is 6.24. The molecule has 4 heterocycles. The normalized spacial score (nSPS) is 14.9. The van der Waals surface area contributed by atoms with Gasteiger partial charge < -0.3 is 75.4 Å². The van der Waals surface area contributed by atoms with Crippen molar-refractivity contribution in [3.8, 4) is 0 Å². The number of nitrogens with zero attached hydrogens (tertiary/aromatic N) is 7. The quantitative estimate of drug-likeness (QED) is 0.0202. The van der Waals surface area contributed by atoms with E-state index in [0.29, 0.717) is 64.9 Å². The molecule has 1 unspecified atom stereocenters. The van der Waals surface area contributed by atoms with Gasteiger partial charge in [-0.2, -0.15) is 0 Å². The van der Waals surface area contributed by atoms with Crippen LogP contribution in [0.3, 0.4) is 0 Å². The van der Waals surface area contributed by atoms with Crippen LogP contribution in [0.1, 0.15) is 57.9 Å². The monoisotopic (exact) mass is 1240 g/mol. The van der Waals surface area contributed by atoms with E-state index in [1.54, 1.807) is 20.0 Å². The van der Waals surface area contributed by atoms with Gasteiger partial charge in [0.15, 0.2) is 62.4 Å². The van der Waals surface area contributed by atoms with Gasteiger partial charge in [0.1, 0.15) is 18.1 Å². The zero-order valence-electron chi connectivity index (χ0n) is 49.2. The molecule has 0 amide bonds. The zero-order chi connectivity index (χ0) is 62.9. The van der Waals surface area contributed by atoms with Gasteiger partial charge >= 0.3 is 17.9 Å². The molecule has 0 bridgehead atoms. The Morgan fingerprint density at radius 1 is 0.573 bits per heavy atom. The van der Waals surface area contributed by atoms with Crippen LogP contribution in [0.4, 0.5) is 0 Å². The average Bonchev–Trinajstić information content (AvgIpc) is 4.15. The minimum atomic E-state index is -3.94. The molecule has 0 fully saturated rings. The first kappa shape index (κ1) is 76.3. The summed E-state index contributed by atoms with van der Waals surface area (Å²) < 4.78 is 38.8. The molecule has 8 atom stereocenters. The fourth-order valence-corrected chi connectivity index (χ4v) is 11.1. The number of carboxylic acid groups (broad SMARTS) is 3. The van der Waals surface area contributed by atoms with Crippen LogP contribution in [0.2, 0.25) is 0 Å². The number of quaternary nitrogens is 4. The number of carboxylic acids is 3. The highest BCUT2D eigenvalue weighted by molar-refractivity contribution is 7.99. The van der Waals surface area contributed by atoms with E-state index in [0.717, 1.165) is 11.4 Å². The summed E-state index contributed by atoms with van der Waals surface area (Å²) in [4.78, 5) is 105. The number of nitrogens with one attached hydrogen (secondary N) is 5. The Kier molecular flexibility index (Phi) is 30.2. The molecule has 32 heteroatoms. The first-order chi connectivity index (χ1) is 36.8. The number of ketones is 4. The molecule has 14 N–H and O–H groups in total. The third-order valence-corrected chi connectivity index (χ3v) is 16.5. The van der Waals surface area contributed by atoms with Gasteiger partial charge in [0.05, 0.1) is 107 Å². The maximum absolute atomic E-state index is 12.1. The molecule has 4 aromatic rings. The van der Waals surface area contributed by atoms with Crippen molar-refractivity contribution in [3.05, 3.63) is 52.3 Å². The average molecular weight is 1240 g/mol. The smallest absolute Gasteiger partial charge is 0.321 e. The number of carbonyl (C=O) groups excluding carboxylic acids is 4. The third-order valence-electron chi connectivity index (χ3n) is 12.3. The maximum atomic E-state index is 12.1. The van der Waals surface area contributed by atoms with Crippen LogP contribution in [-0.4, -0.2) is 271 Å². The number of Topliss-reactive ketones (excluding diaryl/α,β-unsaturated/α-hetero) is 4. The Labute approximate surface area is 492 Å². The topological polar surface area (TPSA) is 427 Å². The van der Waals surface area contributed by atoms with Gasteiger partial charge in [-0.15, -0.1) is 0 Å². The number of rotatable bonds is 28. The number of aromatic nitrogens is 8. The van der Waals surface area contributed by atoms with E-state index in [2.05, 4.69) is 39.9 Å². The molecule has 464 valence electrons. The molecule has 0 aliphatic rings. The third kappa shape index (κ3) is 26.7. The lowest BCUT2D eigenvalue weighted by molar-refractivity contribution is -0.886. The second-order valence-corrected chi connectivity index (χ2v) is 27.9. The molecule has 0 aliphatic heterocycles. The second kappa shape index (κ2) is 32.4. The van der Waals surface area contributed by atoms with E-state index in [-0.39, 0.29) is 76.5 Å². The summed E-state index contributed by atoms with van der Waals surface area (Å²) in [6, 6.07) is -4.43. The van der Waals surface area contributed by atoms with Gasteiger partial charge in [-0.05, 0) is 12.2 Å². The number of carbonyl (C=O) groups is 7. The molecular formula is C50H91N15O13S4+4. The van der Waals surface area contributed by atoms with Gasteiger partial charge in [-0.25, -0.2) is 23.4 Å². The maximum Gasteiger partial charge on any atom is 0.321 e. The second-order valence-electron chi connectivity index (χ2n) is 23.1. The van der Waals surface area contributed by atoms with E-state index < -0.39 is 62.4 Å². The Hall–Kier alpha value is -5.68. The van der Waals surface area contributed by atoms with Crippen molar-refractivity contribution in [2.75, 3.05) is 102 Å². The number of aliphatic carboxylic acids is 3.